The monoisotopic (exact) mass is 486 g/mol. The molecule has 5 rings (SSSR count). The van der Waals surface area contributed by atoms with E-state index in [0.29, 0.717) is 34.3 Å². The molecule has 36 heavy (non-hydrogen) atoms. The molecular formula is C26H26N6O4. The van der Waals surface area contributed by atoms with Crippen LogP contribution in [0.4, 0.5) is 28.4 Å². The number of hydrogen-bond donors (Lipinski definition) is 7. The standard InChI is InChI=1S/C13H11N3O.C7H7NO2.C6H8N2O/c14-9-3-1-8(2-4-9)13-16-11-7-10(15)5-6-12(11)17-13;8-6-3-1-5(2-4-6)7(9)10;7-4-1-2-6(9)5(8)3-4/h1-7H,14-15H2;1-4H,8H2,(H,9,10);1-3,9H,7-8H2. The van der Waals surface area contributed by atoms with Crippen molar-refractivity contribution in [2.24, 2.45) is 0 Å². The third-order valence-electron chi connectivity index (χ3n) is 4.78. The Morgan fingerprint density at radius 3 is 1.78 bits per heavy atom. The number of fused-ring (bicyclic) bond motifs is 1. The van der Waals surface area contributed by atoms with Gasteiger partial charge in [0.2, 0.25) is 5.89 Å². The number of hydrogen-bond acceptors (Lipinski definition) is 9. The van der Waals surface area contributed by atoms with Gasteiger partial charge in [0.1, 0.15) is 11.3 Å². The number of nitrogens with two attached hydrogens (primary N) is 5. The molecule has 184 valence electrons. The van der Waals surface area contributed by atoms with Crippen LogP contribution in [0, 0.1) is 0 Å². The lowest BCUT2D eigenvalue weighted by Crippen LogP contribution is -1.95. The second kappa shape index (κ2) is 11.2. The van der Waals surface area contributed by atoms with Gasteiger partial charge >= 0.3 is 5.97 Å². The van der Waals surface area contributed by atoms with Gasteiger partial charge in [-0.15, -0.1) is 0 Å². The zero-order chi connectivity index (χ0) is 26.2. The molecule has 0 aliphatic carbocycles. The number of phenols is 1. The van der Waals surface area contributed by atoms with Crippen LogP contribution in [-0.2, 0) is 0 Å². The number of carboxylic acid groups (broad SMARTS) is 1. The number of oxazole rings is 1. The number of phenolic OH excluding ortho intramolecular Hbond substituents is 1. The van der Waals surface area contributed by atoms with Gasteiger partial charge in [-0.25, -0.2) is 9.78 Å². The Hall–Kier alpha value is -5.38. The van der Waals surface area contributed by atoms with Crippen molar-refractivity contribution in [1.29, 1.82) is 0 Å². The smallest absolute Gasteiger partial charge is 0.335 e. The molecular weight excluding hydrogens is 460 g/mol. The molecule has 0 spiro atoms. The summed E-state index contributed by atoms with van der Waals surface area (Å²) in [5.41, 5.74) is 32.8. The molecule has 12 N–H and O–H groups in total. The molecule has 10 heteroatoms. The van der Waals surface area contributed by atoms with Gasteiger partial charge in [0.25, 0.3) is 0 Å². The highest BCUT2D eigenvalue weighted by molar-refractivity contribution is 5.87. The summed E-state index contributed by atoms with van der Waals surface area (Å²) in [6, 6.07) is 23.4. The molecule has 0 amide bonds. The number of anilines is 5. The number of aromatic hydroxyl groups is 1. The van der Waals surface area contributed by atoms with Gasteiger partial charge in [-0.05, 0) is 84.9 Å². The fraction of sp³-hybridized carbons (Fsp3) is 0. The van der Waals surface area contributed by atoms with Crippen molar-refractivity contribution in [1.82, 2.24) is 4.98 Å². The van der Waals surface area contributed by atoms with E-state index in [0.717, 1.165) is 16.7 Å². The van der Waals surface area contributed by atoms with E-state index in [4.69, 9.17) is 43.3 Å². The molecule has 1 heterocycles. The van der Waals surface area contributed by atoms with Crippen molar-refractivity contribution in [3.63, 3.8) is 0 Å². The highest BCUT2D eigenvalue weighted by Crippen LogP contribution is 2.26. The second-order valence-corrected chi connectivity index (χ2v) is 7.61. The lowest BCUT2D eigenvalue weighted by atomic mass is 10.2. The van der Waals surface area contributed by atoms with E-state index >= 15 is 0 Å². The summed E-state index contributed by atoms with van der Waals surface area (Å²) in [6.45, 7) is 0. The first-order valence-electron chi connectivity index (χ1n) is 10.6. The van der Waals surface area contributed by atoms with Crippen LogP contribution < -0.4 is 28.7 Å². The summed E-state index contributed by atoms with van der Waals surface area (Å²) in [5.74, 6) is -0.283. The van der Waals surface area contributed by atoms with Crippen LogP contribution in [0.1, 0.15) is 10.4 Å². The summed E-state index contributed by atoms with van der Waals surface area (Å²) >= 11 is 0. The van der Waals surface area contributed by atoms with Gasteiger partial charge in [-0.3, -0.25) is 0 Å². The number of rotatable bonds is 2. The van der Waals surface area contributed by atoms with Crippen LogP contribution in [0.2, 0.25) is 0 Å². The highest BCUT2D eigenvalue weighted by Gasteiger charge is 2.07. The van der Waals surface area contributed by atoms with Gasteiger partial charge in [0.15, 0.2) is 5.58 Å². The van der Waals surface area contributed by atoms with Crippen molar-refractivity contribution < 1.29 is 19.4 Å². The maximum absolute atomic E-state index is 10.3. The molecule has 0 atom stereocenters. The molecule has 0 bridgehead atoms. The number of nitrogens with zero attached hydrogens (tertiary/aromatic N) is 1. The van der Waals surface area contributed by atoms with Crippen LogP contribution in [0.3, 0.4) is 0 Å². The van der Waals surface area contributed by atoms with Crippen molar-refractivity contribution in [3.05, 3.63) is 90.5 Å². The topological polar surface area (TPSA) is 214 Å². The van der Waals surface area contributed by atoms with E-state index in [-0.39, 0.29) is 11.3 Å². The van der Waals surface area contributed by atoms with Crippen LogP contribution in [0.15, 0.2) is 89.3 Å². The Morgan fingerprint density at radius 2 is 1.22 bits per heavy atom. The first-order valence-corrected chi connectivity index (χ1v) is 10.6. The molecule has 0 aliphatic rings. The average Bonchev–Trinajstić information content (AvgIpc) is 3.26. The Kier molecular flexibility index (Phi) is 7.83. The minimum atomic E-state index is -0.931. The number of carboxylic acids is 1. The van der Waals surface area contributed by atoms with Crippen LogP contribution in [0.25, 0.3) is 22.6 Å². The lowest BCUT2D eigenvalue weighted by molar-refractivity contribution is 0.0697. The van der Waals surface area contributed by atoms with Gasteiger partial charge in [0, 0.05) is 28.3 Å². The summed E-state index contributed by atoms with van der Waals surface area (Å²) in [6.07, 6.45) is 0. The summed E-state index contributed by atoms with van der Waals surface area (Å²) < 4.78 is 5.64. The van der Waals surface area contributed by atoms with Crippen molar-refractivity contribution in [3.8, 4) is 17.2 Å². The second-order valence-electron chi connectivity index (χ2n) is 7.61. The zero-order valence-corrected chi connectivity index (χ0v) is 19.1. The van der Waals surface area contributed by atoms with Gasteiger partial charge < -0.3 is 43.3 Å². The minimum absolute atomic E-state index is 0.0733. The zero-order valence-electron chi connectivity index (χ0n) is 19.1. The first kappa shape index (κ1) is 25.2. The number of aromatic nitrogens is 1. The van der Waals surface area contributed by atoms with E-state index in [9.17, 15) is 4.79 Å². The third kappa shape index (κ3) is 6.81. The fourth-order valence-electron chi connectivity index (χ4n) is 2.89. The number of aromatic carboxylic acids is 1. The van der Waals surface area contributed by atoms with E-state index < -0.39 is 5.97 Å². The Balaban J connectivity index is 0.000000163. The molecule has 0 fully saturated rings. The van der Waals surface area contributed by atoms with Crippen molar-refractivity contribution in [2.45, 2.75) is 0 Å². The summed E-state index contributed by atoms with van der Waals surface area (Å²) in [5, 5.41) is 17.3. The summed E-state index contributed by atoms with van der Waals surface area (Å²) in [7, 11) is 0. The normalized spacial score (nSPS) is 10.0. The van der Waals surface area contributed by atoms with E-state index in [1.54, 1.807) is 30.3 Å². The van der Waals surface area contributed by atoms with E-state index in [1.165, 1.54) is 24.3 Å². The largest absolute Gasteiger partial charge is 0.506 e. The van der Waals surface area contributed by atoms with Crippen LogP contribution >= 0.6 is 0 Å². The lowest BCUT2D eigenvalue weighted by Gasteiger charge is -1.97. The van der Waals surface area contributed by atoms with Gasteiger partial charge in [-0.2, -0.15) is 0 Å². The molecule has 5 aromatic rings. The molecule has 0 saturated heterocycles. The van der Waals surface area contributed by atoms with E-state index in [2.05, 4.69) is 4.98 Å². The molecule has 10 nitrogen and oxygen atoms in total. The van der Waals surface area contributed by atoms with Crippen molar-refractivity contribution >= 4 is 45.5 Å². The Morgan fingerprint density at radius 1 is 0.694 bits per heavy atom. The average molecular weight is 487 g/mol. The maximum atomic E-state index is 10.3. The van der Waals surface area contributed by atoms with Gasteiger partial charge in [0.05, 0.1) is 11.3 Å². The maximum Gasteiger partial charge on any atom is 0.335 e. The van der Waals surface area contributed by atoms with E-state index in [1.807, 2.05) is 30.3 Å². The first-order chi connectivity index (χ1) is 17.1. The number of carbonyl (C=O) groups is 1. The minimum Gasteiger partial charge on any atom is -0.506 e. The van der Waals surface area contributed by atoms with Crippen molar-refractivity contribution in [2.75, 3.05) is 28.7 Å². The quantitative estimate of drug-likeness (QED) is 0.107. The molecule has 0 saturated carbocycles. The van der Waals surface area contributed by atoms with Gasteiger partial charge in [-0.1, -0.05) is 0 Å². The van der Waals surface area contributed by atoms with Crippen LogP contribution in [-0.4, -0.2) is 21.2 Å². The molecule has 0 radical (unpaired) electrons. The third-order valence-corrected chi connectivity index (χ3v) is 4.78. The van der Waals surface area contributed by atoms with Crippen LogP contribution in [0.5, 0.6) is 5.75 Å². The number of benzene rings is 4. The number of nitrogen functional groups attached to an aromatic ring is 5. The Bertz CT molecular complexity index is 1460. The SMILES string of the molecule is Nc1ccc(-c2nc3cc(N)ccc3o2)cc1.Nc1ccc(C(=O)O)cc1.Nc1ccc(O)c(N)c1. The summed E-state index contributed by atoms with van der Waals surface area (Å²) in [4.78, 5) is 14.7. The predicted octanol–water partition coefficient (Wildman–Crippen LogP) is 4.18. The molecule has 1 aromatic heterocycles. The fourth-order valence-corrected chi connectivity index (χ4v) is 2.89. The predicted molar refractivity (Wildman–Crippen MR) is 143 cm³/mol. The highest BCUT2D eigenvalue weighted by atomic mass is 16.4. The Labute approximate surface area is 206 Å². The molecule has 0 aliphatic heterocycles. The molecule has 4 aromatic carbocycles. The molecule has 0 unspecified atom stereocenters.